The maximum absolute atomic E-state index is 13.0. The molecule has 3 rings (SSSR count). The minimum atomic E-state index is 0.0838. The number of morpholine rings is 1. The van der Waals surface area contributed by atoms with Crippen LogP contribution in [0.2, 0.25) is 0 Å². The molecule has 0 bridgehead atoms. The van der Waals surface area contributed by atoms with Gasteiger partial charge in [0.05, 0.1) is 24.9 Å². The van der Waals surface area contributed by atoms with Gasteiger partial charge in [0.2, 0.25) is 0 Å². The van der Waals surface area contributed by atoms with Crippen molar-refractivity contribution in [3.05, 3.63) is 60.3 Å². The van der Waals surface area contributed by atoms with Crippen molar-refractivity contribution >= 4 is 12.0 Å². The number of amides is 1. The Bertz CT molecular complexity index is 751. The summed E-state index contributed by atoms with van der Waals surface area (Å²) < 4.78 is 5.59. The van der Waals surface area contributed by atoms with Crippen LogP contribution in [-0.2, 0) is 4.74 Å². The van der Waals surface area contributed by atoms with Gasteiger partial charge in [-0.05, 0) is 36.1 Å². The lowest BCUT2D eigenvalue weighted by molar-refractivity contribution is -0.00746. The van der Waals surface area contributed by atoms with E-state index in [9.17, 15) is 4.79 Å². The van der Waals surface area contributed by atoms with Crippen LogP contribution in [0.3, 0.4) is 0 Å². The van der Waals surface area contributed by atoms with Crippen molar-refractivity contribution in [1.82, 2.24) is 9.88 Å². The number of carbonyl (C=O) groups is 1. The number of hydrogen-bond acceptors (Lipinski definition) is 3. The van der Waals surface area contributed by atoms with E-state index in [-0.39, 0.29) is 11.9 Å². The van der Waals surface area contributed by atoms with Gasteiger partial charge in [-0.3, -0.25) is 9.78 Å². The highest BCUT2D eigenvalue weighted by Gasteiger charge is 2.28. The van der Waals surface area contributed by atoms with Crippen LogP contribution < -0.4 is 0 Å². The van der Waals surface area contributed by atoms with E-state index in [4.69, 9.17) is 4.74 Å². The molecule has 0 radical (unpaired) electrons. The molecule has 1 saturated heterocycles. The molecule has 2 aromatic rings. The number of benzene rings is 1. The summed E-state index contributed by atoms with van der Waals surface area (Å²) in [5.74, 6) is 0.615. The molecule has 1 aromatic heterocycles. The van der Waals surface area contributed by atoms with Crippen LogP contribution >= 0.6 is 0 Å². The molecule has 26 heavy (non-hydrogen) atoms. The third-order valence-corrected chi connectivity index (χ3v) is 4.68. The average molecular weight is 350 g/mol. The van der Waals surface area contributed by atoms with Crippen molar-refractivity contribution < 1.29 is 9.53 Å². The Labute approximate surface area is 155 Å². The third-order valence-electron chi connectivity index (χ3n) is 4.68. The molecule has 136 valence electrons. The van der Waals surface area contributed by atoms with Gasteiger partial charge in [-0.2, -0.15) is 0 Å². The highest BCUT2D eigenvalue weighted by atomic mass is 16.5. The van der Waals surface area contributed by atoms with Crippen LogP contribution in [0.15, 0.2) is 49.2 Å². The summed E-state index contributed by atoms with van der Waals surface area (Å²) in [5, 5.41) is 0. The summed E-state index contributed by atoms with van der Waals surface area (Å²) in [6, 6.07) is 11.8. The summed E-state index contributed by atoms with van der Waals surface area (Å²) in [4.78, 5) is 19.4. The lowest BCUT2D eigenvalue weighted by Crippen LogP contribution is -2.49. The number of carbonyl (C=O) groups excluding carboxylic acids is 1. The van der Waals surface area contributed by atoms with Gasteiger partial charge < -0.3 is 9.64 Å². The van der Waals surface area contributed by atoms with Gasteiger partial charge in [0.25, 0.3) is 5.91 Å². The lowest BCUT2D eigenvalue weighted by atomic mass is 10.0. The number of rotatable bonds is 5. The molecule has 1 aliphatic heterocycles. The molecule has 1 aromatic carbocycles. The van der Waals surface area contributed by atoms with Crippen LogP contribution in [0.4, 0.5) is 0 Å². The van der Waals surface area contributed by atoms with Crippen LogP contribution in [0.1, 0.15) is 36.2 Å². The van der Waals surface area contributed by atoms with Crippen LogP contribution in [0.25, 0.3) is 17.3 Å². The van der Waals surface area contributed by atoms with E-state index >= 15 is 0 Å². The molecule has 1 fully saturated rings. The second-order valence-electron chi connectivity index (χ2n) is 7.12. The first-order valence-corrected chi connectivity index (χ1v) is 9.16. The maximum atomic E-state index is 13.0. The average Bonchev–Trinajstić information content (AvgIpc) is 2.68. The second-order valence-corrected chi connectivity index (χ2v) is 7.12. The molecule has 0 N–H and O–H groups in total. The predicted octanol–water partition coefficient (Wildman–Crippen LogP) is 4.28. The molecule has 1 atom stereocenters. The number of hydrogen-bond donors (Lipinski definition) is 0. The smallest absolute Gasteiger partial charge is 0.254 e. The Balaban J connectivity index is 1.76. The SMILES string of the molecule is C=Cc1ccc(-c2ccc(C(=O)N3CCOC[C@@H]3CC(C)C)cc2)nc1. The fraction of sp³-hybridized carbons (Fsp3) is 0.364. The van der Waals surface area contributed by atoms with Crippen LogP contribution in [0.5, 0.6) is 0 Å². The summed E-state index contributed by atoms with van der Waals surface area (Å²) in [6.45, 7) is 9.99. The Hall–Kier alpha value is -2.46. The van der Waals surface area contributed by atoms with E-state index in [0.717, 1.165) is 23.2 Å². The Morgan fingerprint density at radius 1 is 1.31 bits per heavy atom. The Morgan fingerprint density at radius 3 is 2.69 bits per heavy atom. The molecule has 2 heterocycles. The molecular weight excluding hydrogens is 324 g/mol. The largest absolute Gasteiger partial charge is 0.377 e. The van der Waals surface area contributed by atoms with E-state index in [1.807, 2.05) is 41.3 Å². The van der Waals surface area contributed by atoms with Crippen LogP contribution in [0, 0.1) is 5.92 Å². The number of nitrogens with zero attached hydrogens (tertiary/aromatic N) is 2. The highest BCUT2D eigenvalue weighted by molar-refractivity contribution is 5.95. The standard InChI is InChI=1S/C22H26N2O2/c1-4-17-5-10-21(23-14-17)18-6-8-19(9-7-18)22(25)24-11-12-26-15-20(24)13-16(2)3/h4-10,14,16,20H,1,11-13,15H2,2-3H3/t20-/m0/s1. The summed E-state index contributed by atoms with van der Waals surface area (Å²) in [6.07, 6.45) is 4.53. The minimum absolute atomic E-state index is 0.0838. The van der Waals surface area contributed by atoms with Crippen molar-refractivity contribution in [3.63, 3.8) is 0 Å². The number of pyridine rings is 1. The minimum Gasteiger partial charge on any atom is -0.377 e. The summed E-state index contributed by atoms with van der Waals surface area (Å²) in [7, 11) is 0. The zero-order valence-corrected chi connectivity index (χ0v) is 15.5. The second kappa shape index (κ2) is 8.28. The zero-order chi connectivity index (χ0) is 18.5. The van der Waals surface area contributed by atoms with E-state index in [2.05, 4.69) is 25.4 Å². The van der Waals surface area contributed by atoms with Crippen molar-refractivity contribution in [3.8, 4) is 11.3 Å². The van der Waals surface area contributed by atoms with Crippen molar-refractivity contribution in [1.29, 1.82) is 0 Å². The molecule has 0 saturated carbocycles. The first-order valence-electron chi connectivity index (χ1n) is 9.16. The molecule has 1 aliphatic rings. The van der Waals surface area contributed by atoms with Crippen molar-refractivity contribution in [2.45, 2.75) is 26.3 Å². The van der Waals surface area contributed by atoms with Gasteiger partial charge in [-0.15, -0.1) is 0 Å². The molecule has 0 unspecified atom stereocenters. The van der Waals surface area contributed by atoms with Gasteiger partial charge in [0.1, 0.15) is 0 Å². The molecule has 0 spiro atoms. The molecule has 1 amide bonds. The first kappa shape index (κ1) is 18.3. The molecular formula is C22H26N2O2. The predicted molar refractivity (Wildman–Crippen MR) is 105 cm³/mol. The maximum Gasteiger partial charge on any atom is 0.254 e. The quantitative estimate of drug-likeness (QED) is 0.808. The normalized spacial score (nSPS) is 17.3. The van der Waals surface area contributed by atoms with Crippen LogP contribution in [-0.4, -0.2) is 41.6 Å². The molecule has 4 nitrogen and oxygen atoms in total. The van der Waals surface area contributed by atoms with Gasteiger partial charge in [-0.1, -0.05) is 44.7 Å². The zero-order valence-electron chi connectivity index (χ0n) is 15.5. The van der Waals surface area contributed by atoms with E-state index in [1.165, 1.54) is 0 Å². The van der Waals surface area contributed by atoms with Crippen molar-refractivity contribution in [2.24, 2.45) is 5.92 Å². The third kappa shape index (κ3) is 4.20. The Kier molecular flexibility index (Phi) is 5.84. The van der Waals surface area contributed by atoms with E-state index < -0.39 is 0 Å². The first-order chi connectivity index (χ1) is 12.6. The molecule has 4 heteroatoms. The van der Waals surface area contributed by atoms with Gasteiger partial charge in [-0.25, -0.2) is 0 Å². The fourth-order valence-electron chi connectivity index (χ4n) is 3.31. The van der Waals surface area contributed by atoms with E-state index in [0.29, 0.717) is 31.2 Å². The topological polar surface area (TPSA) is 42.4 Å². The highest BCUT2D eigenvalue weighted by Crippen LogP contribution is 2.21. The number of aromatic nitrogens is 1. The van der Waals surface area contributed by atoms with Gasteiger partial charge >= 0.3 is 0 Å². The number of ether oxygens (including phenoxy) is 1. The van der Waals surface area contributed by atoms with Gasteiger partial charge in [0.15, 0.2) is 0 Å². The Morgan fingerprint density at radius 2 is 2.08 bits per heavy atom. The summed E-state index contributed by atoms with van der Waals surface area (Å²) in [5.41, 5.74) is 3.59. The summed E-state index contributed by atoms with van der Waals surface area (Å²) >= 11 is 0. The van der Waals surface area contributed by atoms with Crippen molar-refractivity contribution in [2.75, 3.05) is 19.8 Å². The van der Waals surface area contributed by atoms with E-state index in [1.54, 1.807) is 12.3 Å². The molecule has 0 aliphatic carbocycles. The lowest BCUT2D eigenvalue weighted by Gasteiger charge is -2.36. The fourth-order valence-corrected chi connectivity index (χ4v) is 3.31. The monoisotopic (exact) mass is 350 g/mol. The van der Waals surface area contributed by atoms with Gasteiger partial charge in [0, 0.05) is 23.9 Å².